The van der Waals surface area contributed by atoms with Gasteiger partial charge in [0.1, 0.15) is 16.4 Å². The molecule has 0 spiro atoms. The maximum absolute atomic E-state index is 11.7. The van der Waals surface area contributed by atoms with Gasteiger partial charge in [-0.1, -0.05) is 11.8 Å². The Kier molecular flexibility index (Phi) is 4.81. The Morgan fingerprint density at radius 3 is 2.28 bits per heavy atom. The summed E-state index contributed by atoms with van der Waals surface area (Å²) < 4.78 is 4.64. The molecule has 1 aliphatic heterocycles. The van der Waals surface area contributed by atoms with Gasteiger partial charge in [0, 0.05) is 6.92 Å². The first-order valence-corrected chi connectivity index (χ1v) is 6.53. The number of amides is 1. The number of thioether (sulfide) groups is 1. The standard InChI is InChI=1S/C11H14ClNO4S/c1-5(2)8(11(16)17-4)13-9(15)7(12)10(13)18-6(3)14/h7,10H,1-4H3/t7-,10+/m0/s1. The lowest BCUT2D eigenvalue weighted by molar-refractivity contribution is -0.147. The van der Waals surface area contributed by atoms with E-state index in [4.69, 9.17) is 11.6 Å². The number of halogens is 1. The molecule has 0 saturated carbocycles. The number of ether oxygens (including phenoxy) is 1. The molecule has 0 aromatic heterocycles. The molecule has 1 fully saturated rings. The summed E-state index contributed by atoms with van der Waals surface area (Å²) in [5.41, 5.74) is 0.783. The third-order valence-corrected chi connectivity index (χ3v) is 3.99. The van der Waals surface area contributed by atoms with Crippen LogP contribution in [-0.4, -0.2) is 39.8 Å². The second kappa shape index (κ2) is 5.75. The molecule has 1 heterocycles. The lowest BCUT2D eigenvalue weighted by atomic mass is 10.1. The number of carbonyl (C=O) groups is 3. The van der Waals surface area contributed by atoms with E-state index < -0.39 is 22.6 Å². The minimum Gasteiger partial charge on any atom is -0.464 e. The minimum absolute atomic E-state index is 0.151. The largest absolute Gasteiger partial charge is 0.464 e. The van der Waals surface area contributed by atoms with Crippen molar-refractivity contribution in [1.29, 1.82) is 0 Å². The van der Waals surface area contributed by atoms with Crippen LogP contribution >= 0.6 is 23.4 Å². The van der Waals surface area contributed by atoms with Crippen LogP contribution in [0, 0.1) is 0 Å². The number of nitrogens with zero attached hydrogens (tertiary/aromatic N) is 1. The highest BCUT2D eigenvalue weighted by atomic mass is 35.5. The van der Waals surface area contributed by atoms with Crippen LogP contribution < -0.4 is 0 Å². The first kappa shape index (κ1) is 15.0. The molecule has 100 valence electrons. The van der Waals surface area contributed by atoms with Gasteiger partial charge < -0.3 is 4.74 Å². The van der Waals surface area contributed by atoms with E-state index in [0.29, 0.717) is 5.57 Å². The predicted octanol–water partition coefficient (Wildman–Crippen LogP) is 1.51. The second-order valence-corrected chi connectivity index (χ2v) is 5.71. The first-order chi connectivity index (χ1) is 8.31. The summed E-state index contributed by atoms with van der Waals surface area (Å²) >= 11 is 6.79. The topological polar surface area (TPSA) is 63.7 Å². The molecule has 0 unspecified atom stereocenters. The zero-order valence-corrected chi connectivity index (χ0v) is 12.1. The molecule has 0 bridgehead atoms. The molecule has 2 atom stereocenters. The number of methoxy groups -OCH3 is 1. The maximum atomic E-state index is 11.7. The van der Waals surface area contributed by atoms with Crippen LogP contribution in [0.3, 0.4) is 0 Å². The fourth-order valence-electron chi connectivity index (χ4n) is 1.59. The van der Waals surface area contributed by atoms with Crippen LogP contribution in [0.15, 0.2) is 11.3 Å². The van der Waals surface area contributed by atoms with Crippen molar-refractivity contribution < 1.29 is 19.1 Å². The molecule has 1 aliphatic rings. The van der Waals surface area contributed by atoms with Gasteiger partial charge >= 0.3 is 5.97 Å². The van der Waals surface area contributed by atoms with Crippen molar-refractivity contribution in [3.8, 4) is 0 Å². The molecule has 0 aromatic carbocycles. The summed E-state index contributed by atoms with van der Waals surface area (Å²) in [5, 5.41) is -1.51. The molecule has 0 radical (unpaired) electrons. The van der Waals surface area contributed by atoms with Crippen molar-refractivity contribution in [3.05, 3.63) is 11.3 Å². The monoisotopic (exact) mass is 291 g/mol. The normalized spacial score (nSPS) is 22.3. The molecule has 0 aromatic rings. The number of likely N-dealkylation sites (tertiary alicyclic amines) is 1. The Hall–Kier alpha value is -1.01. The molecule has 1 saturated heterocycles. The zero-order valence-electron chi connectivity index (χ0n) is 10.5. The Morgan fingerprint density at radius 1 is 1.33 bits per heavy atom. The van der Waals surface area contributed by atoms with E-state index in [1.54, 1.807) is 13.8 Å². The van der Waals surface area contributed by atoms with Crippen molar-refractivity contribution in [2.24, 2.45) is 0 Å². The van der Waals surface area contributed by atoms with E-state index in [9.17, 15) is 14.4 Å². The van der Waals surface area contributed by atoms with Crippen LogP contribution in [-0.2, 0) is 19.1 Å². The number of hydrogen-bond donors (Lipinski definition) is 0. The smallest absolute Gasteiger partial charge is 0.354 e. The van der Waals surface area contributed by atoms with E-state index in [1.165, 1.54) is 18.9 Å². The zero-order chi connectivity index (χ0) is 14.0. The van der Waals surface area contributed by atoms with Crippen LogP contribution in [0.1, 0.15) is 20.8 Å². The van der Waals surface area contributed by atoms with Crippen molar-refractivity contribution in [2.45, 2.75) is 31.5 Å². The molecular weight excluding hydrogens is 278 g/mol. The van der Waals surface area contributed by atoms with E-state index in [2.05, 4.69) is 4.74 Å². The third kappa shape index (κ3) is 2.70. The number of carbonyl (C=O) groups excluding carboxylic acids is 3. The van der Waals surface area contributed by atoms with Gasteiger partial charge in [-0.15, -0.1) is 11.6 Å². The highest BCUT2D eigenvalue weighted by molar-refractivity contribution is 8.14. The van der Waals surface area contributed by atoms with Crippen LogP contribution in [0.2, 0.25) is 0 Å². The highest BCUT2D eigenvalue weighted by Gasteiger charge is 2.51. The molecular formula is C11H14ClNO4S. The summed E-state index contributed by atoms with van der Waals surface area (Å²) in [6, 6.07) is 0. The average Bonchev–Trinajstić information content (AvgIpc) is 2.31. The number of β-lactam (4-membered cyclic amide) rings is 1. The van der Waals surface area contributed by atoms with Gasteiger partial charge in [-0.25, -0.2) is 4.79 Å². The number of hydrogen-bond acceptors (Lipinski definition) is 5. The van der Waals surface area contributed by atoms with Gasteiger partial charge in [0.25, 0.3) is 0 Å². The Bertz CT molecular complexity index is 431. The van der Waals surface area contributed by atoms with Crippen molar-refractivity contribution in [3.63, 3.8) is 0 Å². The lowest BCUT2D eigenvalue weighted by Gasteiger charge is -2.43. The number of esters is 1. The SMILES string of the molecule is COC(=O)C(=C(C)C)N1C(=O)[C@H](Cl)[C@H]1SC(C)=O. The van der Waals surface area contributed by atoms with E-state index in [0.717, 1.165) is 11.8 Å². The summed E-state index contributed by atoms with van der Waals surface area (Å²) in [7, 11) is 1.24. The van der Waals surface area contributed by atoms with Crippen LogP contribution in [0.4, 0.5) is 0 Å². The molecule has 18 heavy (non-hydrogen) atoms. The average molecular weight is 292 g/mol. The molecule has 7 heteroatoms. The predicted molar refractivity (Wildman–Crippen MR) is 68.9 cm³/mol. The van der Waals surface area contributed by atoms with Crippen LogP contribution in [0.5, 0.6) is 0 Å². The summed E-state index contributed by atoms with van der Waals surface area (Å²) in [4.78, 5) is 35.7. The van der Waals surface area contributed by atoms with E-state index >= 15 is 0 Å². The second-order valence-electron chi connectivity index (χ2n) is 3.95. The molecule has 0 aliphatic carbocycles. The first-order valence-electron chi connectivity index (χ1n) is 5.21. The van der Waals surface area contributed by atoms with Gasteiger partial charge in [-0.3, -0.25) is 14.5 Å². The van der Waals surface area contributed by atoms with Crippen LogP contribution in [0.25, 0.3) is 0 Å². The fourth-order valence-corrected chi connectivity index (χ4v) is 2.85. The van der Waals surface area contributed by atoms with Crippen molar-refractivity contribution in [2.75, 3.05) is 7.11 Å². The Labute approximate surface area is 114 Å². The summed E-state index contributed by atoms with van der Waals surface area (Å²) in [6.07, 6.45) is 0. The van der Waals surface area contributed by atoms with Gasteiger partial charge in [-0.05, 0) is 19.4 Å². The lowest BCUT2D eigenvalue weighted by Crippen LogP contribution is -2.61. The highest BCUT2D eigenvalue weighted by Crippen LogP contribution is 2.38. The quantitative estimate of drug-likeness (QED) is 0.341. The molecule has 5 nitrogen and oxygen atoms in total. The van der Waals surface area contributed by atoms with Crippen molar-refractivity contribution >= 4 is 40.4 Å². The van der Waals surface area contributed by atoms with Gasteiger partial charge in [0.05, 0.1) is 7.11 Å². The maximum Gasteiger partial charge on any atom is 0.354 e. The summed E-state index contributed by atoms with van der Waals surface area (Å²) in [6.45, 7) is 4.77. The van der Waals surface area contributed by atoms with Gasteiger partial charge in [0.2, 0.25) is 5.91 Å². The summed E-state index contributed by atoms with van der Waals surface area (Å²) in [5.74, 6) is -1.00. The number of allylic oxidation sites excluding steroid dienone is 1. The Balaban J connectivity index is 3.05. The molecule has 0 N–H and O–H groups in total. The fraction of sp³-hybridized carbons (Fsp3) is 0.545. The Morgan fingerprint density at radius 2 is 1.89 bits per heavy atom. The van der Waals surface area contributed by atoms with Gasteiger partial charge in [-0.2, -0.15) is 0 Å². The van der Waals surface area contributed by atoms with E-state index in [1.807, 2.05) is 0 Å². The number of alkyl halides is 1. The van der Waals surface area contributed by atoms with Crippen molar-refractivity contribution in [1.82, 2.24) is 4.90 Å². The minimum atomic E-state index is -0.794. The van der Waals surface area contributed by atoms with E-state index in [-0.39, 0.29) is 10.8 Å². The number of rotatable bonds is 3. The third-order valence-electron chi connectivity index (χ3n) is 2.36. The molecule has 1 amide bonds. The van der Waals surface area contributed by atoms with Gasteiger partial charge in [0.15, 0.2) is 5.12 Å². The molecule has 1 rings (SSSR count).